The number of anilines is 1. The zero-order valence-electron chi connectivity index (χ0n) is 10.4. The van der Waals surface area contributed by atoms with Gasteiger partial charge >= 0.3 is 6.18 Å². The first-order valence-electron chi connectivity index (χ1n) is 5.37. The van der Waals surface area contributed by atoms with Crippen LogP contribution < -0.4 is 10.2 Å². The molecule has 0 fully saturated rings. The number of benzene rings is 1. The zero-order chi connectivity index (χ0) is 14.6. The van der Waals surface area contributed by atoms with Gasteiger partial charge in [-0.1, -0.05) is 0 Å². The quantitative estimate of drug-likeness (QED) is 0.850. The number of aldehydes is 1. The number of carbonyl (C=O) groups excluding carboxylic acids is 2. The molecule has 0 aliphatic heterocycles. The molecule has 1 aromatic rings. The Bertz CT molecular complexity index is 486. The summed E-state index contributed by atoms with van der Waals surface area (Å²) >= 11 is 0. The van der Waals surface area contributed by atoms with Gasteiger partial charge < -0.3 is 10.2 Å². The standard InChI is InChI=1S/C12H13F3N2O2/c1-16-11(19)6-17(2)9-4-3-8(7-18)10(5-9)12(13,14)15/h3-5,7H,6H2,1-2H3,(H,16,19). The van der Waals surface area contributed by atoms with Crippen LogP contribution in [0.1, 0.15) is 15.9 Å². The minimum absolute atomic E-state index is 0.0752. The lowest BCUT2D eigenvalue weighted by Crippen LogP contribution is -2.33. The second-order valence-corrected chi connectivity index (χ2v) is 3.92. The molecule has 0 radical (unpaired) electrons. The minimum atomic E-state index is -4.61. The molecule has 0 bridgehead atoms. The zero-order valence-corrected chi connectivity index (χ0v) is 10.4. The maximum absolute atomic E-state index is 12.8. The van der Waals surface area contributed by atoms with E-state index in [9.17, 15) is 22.8 Å². The second-order valence-electron chi connectivity index (χ2n) is 3.92. The third-order valence-electron chi connectivity index (χ3n) is 2.57. The molecule has 104 valence electrons. The number of amides is 1. The summed E-state index contributed by atoms with van der Waals surface area (Å²) in [6, 6.07) is 3.31. The molecular weight excluding hydrogens is 261 g/mol. The number of nitrogens with one attached hydrogen (secondary N) is 1. The highest BCUT2D eigenvalue weighted by molar-refractivity contribution is 5.82. The van der Waals surface area contributed by atoms with E-state index in [-0.39, 0.29) is 24.4 Å². The van der Waals surface area contributed by atoms with Crippen LogP contribution in [0.15, 0.2) is 18.2 Å². The van der Waals surface area contributed by atoms with Gasteiger partial charge in [0.15, 0.2) is 6.29 Å². The average Bonchev–Trinajstić information content (AvgIpc) is 2.36. The van der Waals surface area contributed by atoms with Crippen LogP contribution >= 0.6 is 0 Å². The number of carbonyl (C=O) groups is 2. The van der Waals surface area contributed by atoms with E-state index in [0.717, 1.165) is 12.1 Å². The summed E-state index contributed by atoms with van der Waals surface area (Å²) in [6.45, 7) is -0.0752. The number of rotatable bonds is 4. The van der Waals surface area contributed by atoms with Crippen LogP contribution in [0, 0.1) is 0 Å². The van der Waals surface area contributed by atoms with Crippen LogP contribution in [0.25, 0.3) is 0 Å². The van der Waals surface area contributed by atoms with E-state index in [1.165, 1.54) is 25.1 Å². The van der Waals surface area contributed by atoms with Gasteiger partial charge in [0, 0.05) is 25.3 Å². The van der Waals surface area contributed by atoms with E-state index in [1.807, 2.05) is 0 Å². The number of nitrogens with zero attached hydrogens (tertiary/aromatic N) is 1. The van der Waals surface area contributed by atoms with Crippen LogP contribution in [0.5, 0.6) is 0 Å². The third-order valence-corrected chi connectivity index (χ3v) is 2.57. The van der Waals surface area contributed by atoms with Gasteiger partial charge in [0.05, 0.1) is 12.1 Å². The Morgan fingerprint density at radius 2 is 2.05 bits per heavy atom. The van der Waals surface area contributed by atoms with E-state index in [1.54, 1.807) is 0 Å². The molecule has 7 heteroatoms. The van der Waals surface area contributed by atoms with Gasteiger partial charge in [-0.25, -0.2) is 0 Å². The molecule has 1 rings (SSSR count). The lowest BCUT2D eigenvalue weighted by atomic mass is 10.1. The molecular formula is C12H13F3N2O2. The predicted octanol–water partition coefficient (Wildman–Crippen LogP) is 1.70. The Morgan fingerprint density at radius 1 is 1.42 bits per heavy atom. The summed E-state index contributed by atoms with van der Waals surface area (Å²) in [7, 11) is 2.93. The maximum Gasteiger partial charge on any atom is 0.417 e. The number of halogens is 3. The summed E-state index contributed by atoms with van der Waals surface area (Å²) in [5.41, 5.74) is -1.23. The van der Waals surface area contributed by atoms with Crippen molar-refractivity contribution in [1.82, 2.24) is 5.32 Å². The molecule has 1 amide bonds. The summed E-state index contributed by atoms with van der Waals surface area (Å²) in [6.07, 6.45) is -4.45. The monoisotopic (exact) mass is 274 g/mol. The Morgan fingerprint density at radius 3 is 2.53 bits per heavy atom. The van der Waals surface area contributed by atoms with Crippen molar-refractivity contribution in [3.8, 4) is 0 Å². The molecule has 0 heterocycles. The SMILES string of the molecule is CNC(=O)CN(C)c1ccc(C=O)c(C(F)(F)F)c1. The molecule has 4 nitrogen and oxygen atoms in total. The molecule has 19 heavy (non-hydrogen) atoms. The highest BCUT2D eigenvalue weighted by Gasteiger charge is 2.33. The van der Waals surface area contributed by atoms with Gasteiger partial charge in [-0.05, 0) is 18.2 Å². The first-order valence-corrected chi connectivity index (χ1v) is 5.37. The normalized spacial score (nSPS) is 11.0. The van der Waals surface area contributed by atoms with Crippen molar-refractivity contribution < 1.29 is 22.8 Å². The lowest BCUT2D eigenvalue weighted by Gasteiger charge is -2.20. The van der Waals surface area contributed by atoms with Gasteiger partial charge in [0.25, 0.3) is 0 Å². The van der Waals surface area contributed by atoms with Crippen LogP contribution in [-0.4, -0.2) is 32.8 Å². The fourth-order valence-electron chi connectivity index (χ4n) is 1.52. The Balaban J connectivity index is 3.11. The first kappa shape index (κ1) is 15.0. The molecule has 0 saturated heterocycles. The molecule has 0 aliphatic rings. The topological polar surface area (TPSA) is 49.4 Å². The number of hydrogen-bond donors (Lipinski definition) is 1. The highest BCUT2D eigenvalue weighted by Crippen LogP contribution is 2.33. The smallest absolute Gasteiger partial charge is 0.365 e. The molecule has 0 saturated carbocycles. The summed E-state index contributed by atoms with van der Waals surface area (Å²) in [4.78, 5) is 23.1. The van der Waals surface area contributed by atoms with Crippen LogP contribution in [0.4, 0.5) is 18.9 Å². The van der Waals surface area contributed by atoms with Crippen molar-refractivity contribution in [2.45, 2.75) is 6.18 Å². The largest absolute Gasteiger partial charge is 0.417 e. The van der Waals surface area contributed by atoms with E-state index in [0.29, 0.717) is 0 Å². The fraction of sp³-hybridized carbons (Fsp3) is 0.333. The van der Waals surface area contributed by atoms with Crippen LogP contribution in [0.3, 0.4) is 0 Å². The molecule has 1 N–H and O–H groups in total. The van der Waals surface area contributed by atoms with Crippen LogP contribution in [0.2, 0.25) is 0 Å². The molecule has 0 aromatic heterocycles. The van der Waals surface area contributed by atoms with Crippen molar-refractivity contribution >= 4 is 17.9 Å². The number of hydrogen-bond acceptors (Lipinski definition) is 3. The fourth-order valence-corrected chi connectivity index (χ4v) is 1.52. The lowest BCUT2D eigenvalue weighted by molar-refractivity contribution is -0.137. The Hall–Kier alpha value is -2.05. The van der Waals surface area contributed by atoms with E-state index in [4.69, 9.17) is 0 Å². The third kappa shape index (κ3) is 3.70. The first-order chi connectivity index (χ1) is 8.79. The van der Waals surface area contributed by atoms with Gasteiger partial charge in [-0.15, -0.1) is 0 Å². The average molecular weight is 274 g/mol. The van der Waals surface area contributed by atoms with Crippen molar-refractivity contribution in [3.05, 3.63) is 29.3 Å². The summed E-state index contributed by atoms with van der Waals surface area (Å²) < 4.78 is 38.3. The summed E-state index contributed by atoms with van der Waals surface area (Å²) in [5.74, 6) is -0.324. The molecule has 0 aliphatic carbocycles. The van der Waals surface area contributed by atoms with E-state index >= 15 is 0 Å². The van der Waals surface area contributed by atoms with Crippen molar-refractivity contribution in [1.29, 1.82) is 0 Å². The molecule has 0 unspecified atom stereocenters. The highest BCUT2D eigenvalue weighted by atomic mass is 19.4. The molecule has 1 aromatic carbocycles. The minimum Gasteiger partial charge on any atom is -0.365 e. The van der Waals surface area contributed by atoms with Crippen molar-refractivity contribution in [2.75, 3.05) is 25.5 Å². The molecule has 0 atom stereocenters. The predicted molar refractivity (Wildman–Crippen MR) is 64.2 cm³/mol. The van der Waals surface area contributed by atoms with E-state index in [2.05, 4.69) is 5.32 Å². The van der Waals surface area contributed by atoms with Gasteiger partial charge in [0.1, 0.15) is 0 Å². The molecule has 0 spiro atoms. The summed E-state index contributed by atoms with van der Waals surface area (Å²) in [5, 5.41) is 2.37. The van der Waals surface area contributed by atoms with Crippen molar-refractivity contribution in [3.63, 3.8) is 0 Å². The van der Waals surface area contributed by atoms with Crippen molar-refractivity contribution in [2.24, 2.45) is 0 Å². The Kier molecular flexibility index (Phi) is 4.52. The number of alkyl halides is 3. The Labute approximate surface area is 108 Å². The van der Waals surface area contributed by atoms with Gasteiger partial charge in [-0.3, -0.25) is 9.59 Å². The van der Waals surface area contributed by atoms with Gasteiger partial charge in [-0.2, -0.15) is 13.2 Å². The van der Waals surface area contributed by atoms with Crippen LogP contribution in [-0.2, 0) is 11.0 Å². The number of likely N-dealkylation sites (N-methyl/N-ethyl adjacent to an activating group) is 2. The second kappa shape index (κ2) is 5.73. The van der Waals surface area contributed by atoms with E-state index < -0.39 is 17.3 Å². The maximum atomic E-state index is 12.8. The van der Waals surface area contributed by atoms with Gasteiger partial charge in [0.2, 0.25) is 5.91 Å².